The summed E-state index contributed by atoms with van der Waals surface area (Å²) in [5.41, 5.74) is 1.55. The van der Waals surface area contributed by atoms with Crippen molar-refractivity contribution < 1.29 is 9.53 Å². The minimum Gasteiger partial charge on any atom is -0.481 e. The van der Waals surface area contributed by atoms with Crippen molar-refractivity contribution in [3.63, 3.8) is 0 Å². The molecule has 5 nitrogen and oxygen atoms in total. The van der Waals surface area contributed by atoms with Gasteiger partial charge in [-0.3, -0.25) is 4.79 Å². The fourth-order valence-electron chi connectivity index (χ4n) is 1.52. The van der Waals surface area contributed by atoms with Gasteiger partial charge in [0.05, 0.1) is 25.5 Å². The molecule has 0 fully saturated rings. The number of methoxy groups -OCH3 is 1. The zero-order valence-corrected chi connectivity index (χ0v) is 10.6. The number of carbonyl (C=O) groups is 1. The van der Waals surface area contributed by atoms with E-state index >= 15 is 0 Å². The van der Waals surface area contributed by atoms with Gasteiger partial charge in [-0.25, -0.2) is 4.98 Å². The van der Waals surface area contributed by atoms with Gasteiger partial charge in [0.15, 0.2) is 0 Å². The lowest BCUT2D eigenvalue weighted by molar-refractivity contribution is -0.114. The SMILES string of the molecule is COc1ccc(NC(=O)CNc2ccccc2)cn1. The number of ether oxygens (including phenoxy) is 1. The lowest BCUT2D eigenvalue weighted by atomic mass is 10.3. The summed E-state index contributed by atoms with van der Waals surface area (Å²) in [5, 5.41) is 5.77. The molecule has 0 atom stereocenters. The second-order valence-electron chi connectivity index (χ2n) is 3.86. The van der Waals surface area contributed by atoms with Crippen LogP contribution in [-0.4, -0.2) is 24.5 Å². The Bertz CT molecular complexity index is 526. The van der Waals surface area contributed by atoms with E-state index in [1.165, 1.54) is 0 Å². The quantitative estimate of drug-likeness (QED) is 0.861. The third-order valence-corrected chi connectivity index (χ3v) is 2.46. The summed E-state index contributed by atoms with van der Waals surface area (Å²) in [6, 6.07) is 13.0. The van der Waals surface area contributed by atoms with Gasteiger partial charge in [0.1, 0.15) is 0 Å². The summed E-state index contributed by atoms with van der Waals surface area (Å²) in [5.74, 6) is 0.385. The van der Waals surface area contributed by atoms with Gasteiger partial charge in [0, 0.05) is 11.8 Å². The van der Waals surface area contributed by atoms with Crippen LogP contribution in [0.2, 0.25) is 0 Å². The van der Waals surface area contributed by atoms with Crippen molar-refractivity contribution in [1.29, 1.82) is 0 Å². The number of pyridine rings is 1. The Morgan fingerprint density at radius 2 is 1.95 bits per heavy atom. The second-order valence-corrected chi connectivity index (χ2v) is 3.86. The number of benzene rings is 1. The number of hydrogen-bond acceptors (Lipinski definition) is 4. The van der Waals surface area contributed by atoms with Gasteiger partial charge in [-0.1, -0.05) is 18.2 Å². The number of hydrogen-bond donors (Lipinski definition) is 2. The lowest BCUT2D eigenvalue weighted by Crippen LogP contribution is -2.21. The number of para-hydroxylation sites is 1. The third kappa shape index (κ3) is 3.99. The molecule has 0 aliphatic rings. The van der Waals surface area contributed by atoms with E-state index in [0.29, 0.717) is 11.6 Å². The minimum atomic E-state index is -0.129. The van der Waals surface area contributed by atoms with E-state index in [2.05, 4.69) is 15.6 Å². The van der Waals surface area contributed by atoms with E-state index in [0.717, 1.165) is 5.69 Å². The molecule has 1 aromatic heterocycles. The van der Waals surface area contributed by atoms with Gasteiger partial charge in [-0.2, -0.15) is 0 Å². The molecule has 98 valence electrons. The summed E-state index contributed by atoms with van der Waals surface area (Å²) >= 11 is 0. The molecule has 0 radical (unpaired) electrons. The number of nitrogens with one attached hydrogen (secondary N) is 2. The number of carbonyl (C=O) groups excluding carboxylic acids is 1. The minimum absolute atomic E-state index is 0.129. The summed E-state index contributed by atoms with van der Waals surface area (Å²) in [4.78, 5) is 15.7. The second kappa shape index (κ2) is 6.39. The Balaban J connectivity index is 1.83. The van der Waals surface area contributed by atoms with Crippen LogP contribution in [0.25, 0.3) is 0 Å². The Hall–Kier alpha value is -2.56. The summed E-state index contributed by atoms with van der Waals surface area (Å²) in [7, 11) is 1.55. The highest BCUT2D eigenvalue weighted by molar-refractivity contribution is 5.93. The van der Waals surface area contributed by atoms with Crippen LogP contribution in [0.3, 0.4) is 0 Å². The fraction of sp³-hybridized carbons (Fsp3) is 0.143. The third-order valence-electron chi connectivity index (χ3n) is 2.46. The number of amides is 1. The predicted octanol–water partition coefficient (Wildman–Crippen LogP) is 2.14. The number of nitrogens with zero attached hydrogens (tertiary/aromatic N) is 1. The molecule has 2 rings (SSSR count). The number of aromatic nitrogens is 1. The highest BCUT2D eigenvalue weighted by Crippen LogP contribution is 2.11. The van der Waals surface area contributed by atoms with E-state index < -0.39 is 0 Å². The predicted molar refractivity (Wildman–Crippen MR) is 74.4 cm³/mol. The molecule has 0 bridgehead atoms. The number of rotatable bonds is 5. The Morgan fingerprint density at radius 3 is 2.58 bits per heavy atom. The van der Waals surface area contributed by atoms with Gasteiger partial charge in [0.2, 0.25) is 11.8 Å². The molecule has 0 saturated carbocycles. The van der Waals surface area contributed by atoms with Crippen LogP contribution in [0.4, 0.5) is 11.4 Å². The van der Waals surface area contributed by atoms with Crippen LogP contribution in [0.1, 0.15) is 0 Å². The maximum atomic E-state index is 11.7. The molecule has 2 N–H and O–H groups in total. The van der Waals surface area contributed by atoms with Gasteiger partial charge in [-0.15, -0.1) is 0 Å². The summed E-state index contributed by atoms with van der Waals surface area (Å²) < 4.78 is 4.94. The fourth-order valence-corrected chi connectivity index (χ4v) is 1.52. The molecule has 0 aliphatic heterocycles. The molecule has 0 aliphatic carbocycles. The van der Waals surface area contributed by atoms with Crippen molar-refractivity contribution in [1.82, 2.24) is 4.98 Å². The zero-order valence-electron chi connectivity index (χ0n) is 10.6. The molecule has 0 saturated heterocycles. The topological polar surface area (TPSA) is 63.2 Å². The highest BCUT2D eigenvalue weighted by Gasteiger charge is 2.02. The maximum absolute atomic E-state index is 11.7. The van der Waals surface area contributed by atoms with Gasteiger partial charge in [-0.05, 0) is 18.2 Å². The smallest absolute Gasteiger partial charge is 0.243 e. The van der Waals surface area contributed by atoms with Crippen molar-refractivity contribution in [3.05, 3.63) is 48.7 Å². The molecular formula is C14H15N3O2. The van der Waals surface area contributed by atoms with Crippen molar-refractivity contribution in [2.24, 2.45) is 0 Å². The molecule has 5 heteroatoms. The zero-order chi connectivity index (χ0) is 13.5. The average molecular weight is 257 g/mol. The van der Waals surface area contributed by atoms with Crippen LogP contribution < -0.4 is 15.4 Å². The van der Waals surface area contributed by atoms with Crippen LogP contribution in [0.5, 0.6) is 5.88 Å². The van der Waals surface area contributed by atoms with Crippen LogP contribution in [0, 0.1) is 0 Å². The molecule has 1 aromatic carbocycles. The Morgan fingerprint density at radius 1 is 1.16 bits per heavy atom. The normalized spacial score (nSPS) is 9.74. The number of anilines is 2. The van der Waals surface area contributed by atoms with Crippen LogP contribution in [0.15, 0.2) is 48.7 Å². The summed E-state index contributed by atoms with van der Waals surface area (Å²) in [6.07, 6.45) is 1.55. The molecule has 1 amide bonds. The van der Waals surface area contributed by atoms with E-state index in [1.807, 2.05) is 30.3 Å². The summed E-state index contributed by atoms with van der Waals surface area (Å²) in [6.45, 7) is 0.204. The molecule has 19 heavy (non-hydrogen) atoms. The molecular weight excluding hydrogens is 242 g/mol. The first-order chi connectivity index (χ1) is 9.28. The van der Waals surface area contributed by atoms with Crippen molar-refractivity contribution in [2.75, 3.05) is 24.3 Å². The van der Waals surface area contributed by atoms with Crippen molar-refractivity contribution in [3.8, 4) is 5.88 Å². The highest BCUT2D eigenvalue weighted by atomic mass is 16.5. The monoisotopic (exact) mass is 257 g/mol. The largest absolute Gasteiger partial charge is 0.481 e. The van der Waals surface area contributed by atoms with E-state index in [1.54, 1.807) is 25.4 Å². The first-order valence-corrected chi connectivity index (χ1v) is 5.87. The Labute approximate surface area is 111 Å². The molecule has 0 unspecified atom stereocenters. The van der Waals surface area contributed by atoms with Crippen molar-refractivity contribution in [2.45, 2.75) is 0 Å². The maximum Gasteiger partial charge on any atom is 0.243 e. The lowest BCUT2D eigenvalue weighted by Gasteiger charge is -2.07. The molecule has 1 heterocycles. The molecule has 2 aromatic rings. The van der Waals surface area contributed by atoms with Crippen molar-refractivity contribution >= 4 is 17.3 Å². The first kappa shape index (κ1) is 12.9. The van der Waals surface area contributed by atoms with Crippen LogP contribution in [-0.2, 0) is 4.79 Å². The van der Waals surface area contributed by atoms with Gasteiger partial charge in [0.25, 0.3) is 0 Å². The Kier molecular flexibility index (Phi) is 4.34. The van der Waals surface area contributed by atoms with E-state index in [-0.39, 0.29) is 12.5 Å². The van der Waals surface area contributed by atoms with E-state index in [9.17, 15) is 4.79 Å². The van der Waals surface area contributed by atoms with Gasteiger partial charge >= 0.3 is 0 Å². The standard InChI is InChI=1S/C14H15N3O2/c1-19-14-8-7-12(9-16-14)17-13(18)10-15-11-5-3-2-4-6-11/h2-9,15H,10H2,1H3,(H,17,18). The van der Waals surface area contributed by atoms with Crippen LogP contribution >= 0.6 is 0 Å². The first-order valence-electron chi connectivity index (χ1n) is 5.87. The van der Waals surface area contributed by atoms with Gasteiger partial charge < -0.3 is 15.4 Å². The average Bonchev–Trinajstić information content (AvgIpc) is 2.47. The van der Waals surface area contributed by atoms with E-state index in [4.69, 9.17) is 4.74 Å². The molecule has 0 spiro atoms.